The molecule has 1 aromatic heterocycles. The molecule has 3 N–H and O–H groups in total. The molecule has 1 heterocycles. The third-order valence-corrected chi connectivity index (χ3v) is 5.90. The van der Waals surface area contributed by atoms with Crippen LogP contribution in [0, 0.1) is 13.8 Å². The van der Waals surface area contributed by atoms with Crippen LogP contribution >= 0.6 is 0 Å². The third-order valence-electron chi connectivity index (χ3n) is 5.90. The topological polar surface area (TPSA) is 110 Å². The third kappa shape index (κ3) is 6.75. The van der Waals surface area contributed by atoms with E-state index < -0.39 is 24.0 Å². The summed E-state index contributed by atoms with van der Waals surface area (Å²) in [6, 6.07) is 11.9. The van der Waals surface area contributed by atoms with Gasteiger partial charge < -0.3 is 25.1 Å². The van der Waals surface area contributed by atoms with E-state index in [0.717, 1.165) is 27.6 Å². The highest BCUT2D eigenvalue weighted by Crippen LogP contribution is 2.26. The molecular weight excluding hydrogens is 458 g/mol. The van der Waals surface area contributed by atoms with Crippen LogP contribution in [-0.4, -0.2) is 48.6 Å². The van der Waals surface area contributed by atoms with Crippen molar-refractivity contribution in [3.8, 4) is 5.75 Å². The maximum Gasteiger partial charge on any atom is 0.330 e. The molecule has 2 aromatic carbocycles. The minimum absolute atomic E-state index is 0.271. The van der Waals surface area contributed by atoms with Gasteiger partial charge in [-0.05, 0) is 62.6 Å². The summed E-state index contributed by atoms with van der Waals surface area (Å²) in [6.07, 6.45) is 3.13. The SMILES string of the molecule is CCOC(=O)/C=C/C(C)NC(=O)C(Cc1ccc(C)c(C)c1)NC(=O)c1cc2c(OC)cccc2[nH]1. The Kier molecular flexibility index (Phi) is 8.89. The first kappa shape index (κ1) is 26.5. The Labute approximate surface area is 211 Å². The van der Waals surface area contributed by atoms with Crippen molar-refractivity contribution in [1.82, 2.24) is 15.6 Å². The van der Waals surface area contributed by atoms with E-state index in [4.69, 9.17) is 9.47 Å². The van der Waals surface area contributed by atoms with Crippen LogP contribution in [0.25, 0.3) is 10.9 Å². The number of carbonyl (C=O) groups excluding carboxylic acids is 3. The van der Waals surface area contributed by atoms with Gasteiger partial charge in [-0.25, -0.2) is 4.79 Å². The van der Waals surface area contributed by atoms with Gasteiger partial charge in [0.05, 0.1) is 13.7 Å². The van der Waals surface area contributed by atoms with Crippen molar-refractivity contribution < 1.29 is 23.9 Å². The van der Waals surface area contributed by atoms with Gasteiger partial charge in [0.1, 0.15) is 17.5 Å². The second-order valence-electron chi connectivity index (χ2n) is 8.66. The molecule has 2 atom stereocenters. The number of nitrogens with one attached hydrogen (secondary N) is 3. The van der Waals surface area contributed by atoms with Gasteiger partial charge in [-0.15, -0.1) is 0 Å². The van der Waals surface area contributed by atoms with E-state index in [0.29, 0.717) is 17.9 Å². The molecule has 0 saturated carbocycles. The molecular formula is C28H33N3O5. The largest absolute Gasteiger partial charge is 0.496 e. The highest BCUT2D eigenvalue weighted by atomic mass is 16.5. The molecule has 0 radical (unpaired) electrons. The number of carbonyl (C=O) groups is 3. The monoisotopic (exact) mass is 491 g/mol. The van der Waals surface area contributed by atoms with Crippen LogP contribution in [0.4, 0.5) is 0 Å². The Morgan fingerprint density at radius 3 is 2.53 bits per heavy atom. The lowest BCUT2D eigenvalue weighted by atomic mass is 10.00. The molecule has 2 amide bonds. The number of aromatic nitrogens is 1. The number of hydrogen-bond donors (Lipinski definition) is 3. The van der Waals surface area contributed by atoms with Crippen molar-refractivity contribution >= 4 is 28.7 Å². The Hall–Kier alpha value is -4.07. The van der Waals surface area contributed by atoms with E-state index in [2.05, 4.69) is 15.6 Å². The van der Waals surface area contributed by atoms with Gasteiger partial charge in [0.25, 0.3) is 5.91 Å². The Morgan fingerprint density at radius 2 is 1.83 bits per heavy atom. The number of ether oxygens (including phenoxy) is 2. The predicted octanol–water partition coefficient (Wildman–Crippen LogP) is 3.76. The summed E-state index contributed by atoms with van der Waals surface area (Å²) in [7, 11) is 1.57. The van der Waals surface area contributed by atoms with Crippen LogP contribution in [-0.2, 0) is 20.7 Å². The molecule has 0 aliphatic carbocycles. The van der Waals surface area contributed by atoms with Crippen molar-refractivity contribution in [3.63, 3.8) is 0 Å². The minimum atomic E-state index is -0.841. The number of H-pyrrole nitrogens is 1. The molecule has 3 aromatic rings. The maximum absolute atomic E-state index is 13.2. The van der Waals surface area contributed by atoms with Gasteiger partial charge in [0.15, 0.2) is 0 Å². The van der Waals surface area contributed by atoms with E-state index in [1.807, 2.05) is 50.2 Å². The number of fused-ring (bicyclic) bond motifs is 1. The summed E-state index contributed by atoms with van der Waals surface area (Å²) in [5.74, 6) is -0.606. The fourth-order valence-corrected chi connectivity index (χ4v) is 3.83. The second-order valence-corrected chi connectivity index (χ2v) is 8.66. The standard InChI is InChI=1S/C28H33N3O5/c1-6-36-26(32)13-11-19(4)29-27(33)23(15-20-12-10-17(2)18(3)14-20)31-28(34)24-16-21-22(30-24)8-7-9-25(21)35-5/h7-14,16,19,23,30H,6,15H2,1-5H3,(H,29,33)(H,31,34)/b13-11+. The lowest BCUT2D eigenvalue weighted by Gasteiger charge is -2.20. The first-order valence-corrected chi connectivity index (χ1v) is 11.9. The molecule has 190 valence electrons. The molecule has 8 nitrogen and oxygen atoms in total. The average molecular weight is 492 g/mol. The Morgan fingerprint density at radius 1 is 1.06 bits per heavy atom. The van der Waals surface area contributed by atoms with Crippen molar-refractivity contribution in [1.29, 1.82) is 0 Å². The summed E-state index contributed by atoms with van der Waals surface area (Å²) >= 11 is 0. The van der Waals surface area contributed by atoms with Crippen LogP contribution in [0.2, 0.25) is 0 Å². The lowest BCUT2D eigenvalue weighted by Crippen LogP contribution is -2.50. The van der Waals surface area contributed by atoms with Crippen LogP contribution < -0.4 is 15.4 Å². The van der Waals surface area contributed by atoms with E-state index in [1.165, 1.54) is 6.08 Å². The molecule has 0 aliphatic heterocycles. The quantitative estimate of drug-likeness (QED) is 0.296. The molecule has 8 heteroatoms. The number of rotatable bonds is 10. The highest BCUT2D eigenvalue weighted by molar-refractivity contribution is 6.01. The molecule has 0 aliphatic rings. The second kappa shape index (κ2) is 12.1. The van der Waals surface area contributed by atoms with Crippen molar-refractivity contribution in [3.05, 3.63) is 77.0 Å². The van der Waals surface area contributed by atoms with Crippen LogP contribution in [0.3, 0.4) is 0 Å². The number of aryl methyl sites for hydroxylation is 2. The Bertz CT molecular complexity index is 1280. The van der Waals surface area contributed by atoms with Crippen molar-refractivity contribution in [2.24, 2.45) is 0 Å². The molecule has 0 saturated heterocycles. The molecule has 36 heavy (non-hydrogen) atoms. The predicted molar refractivity (Wildman–Crippen MR) is 139 cm³/mol. The van der Waals surface area contributed by atoms with Crippen molar-refractivity contribution in [2.45, 2.75) is 46.2 Å². The molecule has 0 bridgehead atoms. The molecule has 0 fully saturated rings. The van der Waals surface area contributed by atoms with Gasteiger partial charge in [-0.2, -0.15) is 0 Å². The lowest BCUT2D eigenvalue weighted by molar-refractivity contribution is -0.137. The maximum atomic E-state index is 13.2. The van der Waals surface area contributed by atoms with Crippen LogP contribution in [0.15, 0.2) is 54.6 Å². The first-order chi connectivity index (χ1) is 17.2. The number of aromatic amines is 1. The average Bonchev–Trinajstić information content (AvgIpc) is 3.29. The fourth-order valence-electron chi connectivity index (χ4n) is 3.83. The normalized spacial score (nSPS) is 12.8. The number of esters is 1. The van der Waals surface area contributed by atoms with Gasteiger partial charge >= 0.3 is 5.97 Å². The molecule has 2 unspecified atom stereocenters. The number of amides is 2. The van der Waals surface area contributed by atoms with Gasteiger partial charge in [-0.3, -0.25) is 9.59 Å². The van der Waals surface area contributed by atoms with E-state index in [-0.39, 0.29) is 12.5 Å². The zero-order chi connectivity index (χ0) is 26.2. The summed E-state index contributed by atoms with van der Waals surface area (Å²) < 4.78 is 10.3. The smallest absolute Gasteiger partial charge is 0.330 e. The fraction of sp³-hybridized carbons (Fsp3) is 0.321. The van der Waals surface area contributed by atoms with Crippen LogP contribution in [0.5, 0.6) is 5.75 Å². The first-order valence-electron chi connectivity index (χ1n) is 11.9. The Balaban J connectivity index is 1.81. The summed E-state index contributed by atoms with van der Waals surface area (Å²) in [4.78, 5) is 41.1. The van der Waals surface area contributed by atoms with Gasteiger partial charge in [-0.1, -0.05) is 30.3 Å². The number of benzene rings is 2. The van der Waals surface area contributed by atoms with Crippen LogP contribution in [0.1, 0.15) is 41.0 Å². The van der Waals surface area contributed by atoms with E-state index in [1.54, 1.807) is 33.1 Å². The summed E-state index contributed by atoms with van der Waals surface area (Å²) in [5, 5.41) is 6.49. The zero-order valence-corrected chi connectivity index (χ0v) is 21.3. The van der Waals surface area contributed by atoms with Crippen molar-refractivity contribution in [2.75, 3.05) is 13.7 Å². The summed E-state index contributed by atoms with van der Waals surface area (Å²) in [6.45, 7) is 7.76. The van der Waals surface area contributed by atoms with Gasteiger partial charge in [0.2, 0.25) is 5.91 Å². The van der Waals surface area contributed by atoms with E-state index in [9.17, 15) is 14.4 Å². The van der Waals surface area contributed by atoms with Gasteiger partial charge in [0, 0.05) is 29.4 Å². The molecule has 0 spiro atoms. The minimum Gasteiger partial charge on any atom is -0.496 e. The highest BCUT2D eigenvalue weighted by Gasteiger charge is 2.24. The number of methoxy groups -OCH3 is 1. The zero-order valence-electron chi connectivity index (χ0n) is 21.3. The number of hydrogen-bond acceptors (Lipinski definition) is 5. The van der Waals surface area contributed by atoms with E-state index >= 15 is 0 Å². The molecule has 3 rings (SSSR count). The summed E-state index contributed by atoms with van der Waals surface area (Å²) in [5.41, 5.74) is 4.25.